The molecule has 1 fully saturated rings. The highest BCUT2D eigenvalue weighted by molar-refractivity contribution is 6.01. The van der Waals surface area contributed by atoms with E-state index in [0.29, 0.717) is 31.7 Å². The van der Waals surface area contributed by atoms with E-state index in [0.717, 1.165) is 0 Å². The summed E-state index contributed by atoms with van der Waals surface area (Å²) in [7, 11) is 0. The lowest BCUT2D eigenvalue weighted by Crippen LogP contribution is -2.56. The smallest absolute Gasteiger partial charge is 0.482 e. The van der Waals surface area contributed by atoms with E-state index in [2.05, 4.69) is 10.6 Å². The van der Waals surface area contributed by atoms with Gasteiger partial charge in [0.25, 0.3) is 11.8 Å². The summed E-state index contributed by atoms with van der Waals surface area (Å²) in [6.45, 7) is 0.882. The third-order valence-electron chi connectivity index (χ3n) is 6.23. The van der Waals surface area contributed by atoms with Crippen molar-refractivity contribution in [1.29, 1.82) is 0 Å². The van der Waals surface area contributed by atoms with Gasteiger partial charge in [0, 0.05) is 22.7 Å². The molecule has 0 aromatic heterocycles. The minimum absolute atomic E-state index is 0.0893. The normalized spacial score (nSPS) is 22.5. The van der Waals surface area contributed by atoms with Crippen LogP contribution in [0.3, 0.4) is 0 Å². The minimum atomic E-state index is -5.29. The number of nitrogens with one attached hydrogen (secondary N) is 2. The van der Waals surface area contributed by atoms with E-state index in [-0.39, 0.29) is 29.0 Å². The Morgan fingerprint density at radius 3 is 2.59 bits per heavy atom. The van der Waals surface area contributed by atoms with E-state index in [4.69, 9.17) is 9.47 Å². The van der Waals surface area contributed by atoms with Crippen molar-refractivity contribution in [1.82, 2.24) is 10.2 Å². The van der Waals surface area contributed by atoms with Crippen molar-refractivity contribution >= 4 is 23.5 Å². The van der Waals surface area contributed by atoms with Gasteiger partial charge in [-0.05, 0) is 50.2 Å². The number of anilines is 1. The van der Waals surface area contributed by atoms with Crippen LogP contribution in [0.15, 0.2) is 42.5 Å². The average Bonchev–Trinajstić information content (AvgIpc) is 3.07. The third kappa shape index (κ3) is 3.47. The van der Waals surface area contributed by atoms with Crippen LogP contribution in [-0.2, 0) is 20.1 Å². The van der Waals surface area contributed by atoms with Gasteiger partial charge in [-0.1, -0.05) is 18.2 Å². The van der Waals surface area contributed by atoms with E-state index in [9.17, 15) is 27.6 Å². The first-order chi connectivity index (χ1) is 16.2. The van der Waals surface area contributed by atoms with Gasteiger partial charge < -0.3 is 20.1 Å². The van der Waals surface area contributed by atoms with Crippen molar-refractivity contribution in [3.63, 3.8) is 0 Å². The van der Waals surface area contributed by atoms with E-state index >= 15 is 0 Å². The van der Waals surface area contributed by atoms with Gasteiger partial charge in [-0.25, -0.2) is 4.79 Å². The Balaban J connectivity index is 1.75. The monoisotopic (exact) mass is 475 g/mol. The zero-order chi connectivity index (χ0) is 24.1. The molecule has 11 heteroatoms. The molecule has 178 valence electrons. The highest BCUT2D eigenvalue weighted by atomic mass is 19.4. The van der Waals surface area contributed by atoms with Gasteiger partial charge >= 0.3 is 12.1 Å². The van der Waals surface area contributed by atoms with Crippen LogP contribution in [0.1, 0.15) is 34.3 Å². The van der Waals surface area contributed by atoms with Crippen LogP contribution in [0.25, 0.3) is 0 Å². The van der Waals surface area contributed by atoms with E-state index in [1.54, 1.807) is 12.1 Å². The number of piperidine rings is 1. The second kappa shape index (κ2) is 8.01. The molecule has 0 bridgehead atoms. The number of esters is 1. The Morgan fingerprint density at radius 2 is 1.85 bits per heavy atom. The summed E-state index contributed by atoms with van der Waals surface area (Å²) < 4.78 is 51.1. The van der Waals surface area contributed by atoms with Crippen LogP contribution in [-0.4, -0.2) is 54.6 Å². The number of halogens is 3. The Hall–Kier alpha value is -3.60. The number of amides is 2. The van der Waals surface area contributed by atoms with Crippen molar-refractivity contribution in [2.75, 3.05) is 25.0 Å². The van der Waals surface area contributed by atoms with E-state index in [1.807, 2.05) is 0 Å². The fourth-order valence-electron chi connectivity index (χ4n) is 4.80. The highest BCUT2D eigenvalue weighted by Crippen LogP contribution is 2.49. The summed E-state index contributed by atoms with van der Waals surface area (Å²) in [5.41, 5.74) is -1.61. The molecule has 8 nitrogen and oxygen atoms in total. The van der Waals surface area contributed by atoms with Crippen molar-refractivity contribution in [2.24, 2.45) is 0 Å². The lowest BCUT2D eigenvalue weighted by molar-refractivity contribution is -0.224. The predicted octanol–water partition coefficient (Wildman–Crippen LogP) is 2.53. The number of nitrogens with zero attached hydrogens (tertiary/aromatic N) is 1. The van der Waals surface area contributed by atoms with E-state index < -0.39 is 35.7 Å². The zero-order valence-electron chi connectivity index (χ0n) is 17.8. The molecule has 0 radical (unpaired) electrons. The first-order valence-electron chi connectivity index (χ1n) is 10.7. The number of alkyl halides is 3. The molecule has 2 aromatic carbocycles. The molecule has 2 aromatic rings. The summed E-state index contributed by atoms with van der Waals surface area (Å²) >= 11 is 0. The van der Waals surface area contributed by atoms with Gasteiger partial charge in [-0.15, -0.1) is 0 Å². The van der Waals surface area contributed by atoms with Crippen LogP contribution < -0.4 is 15.4 Å². The Kier molecular flexibility index (Phi) is 5.23. The molecule has 3 aliphatic rings. The van der Waals surface area contributed by atoms with Crippen LogP contribution in [0.2, 0.25) is 0 Å². The lowest BCUT2D eigenvalue weighted by atomic mass is 9.91. The maximum absolute atomic E-state index is 13.6. The fourth-order valence-corrected chi connectivity index (χ4v) is 4.80. The molecule has 1 atom stereocenters. The van der Waals surface area contributed by atoms with Gasteiger partial charge in [0.05, 0.1) is 5.69 Å². The van der Waals surface area contributed by atoms with Crippen molar-refractivity contribution in [2.45, 2.75) is 30.8 Å². The van der Waals surface area contributed by atoms with Gasteiger partial charge in [0.2, 0.25) is 5.72 Å². The maximum Gasteiger partial charge on any atom is 0.491 e. The standard InChI is InChI=1S/C23H20F3N3O5/c24-23(25,26)21(32)34-22(13-5-6-18-17(11-13)28-19(30)12-33-18)16-4-2-1-3-15(16)20(31)29(22)14-7-9-27-10-8-14/h1-6,11,14,27H,7-10,12H2,(H,28,30). The molecule has 5 rings (SSSR count). The molecular weight excluding hydrogens is 455 g/mol. The Morgan fingerprint density at radius 1 is 1.12 bits per heavy atom. The van der Waals surface area contributed by atoms with Crippen molar-refractivity contribution in [3.8, 4) is 5.75 Å². The molecule has 0 spiro atoms. The van der Waals surface area contributed by atoms with Gasteiger partial charge in [0.15, 0.2) is 6.61 Å². The number of benzene rings is 2. The SMILES string of the molecule is O=C1COc2ccc(C3(OC(=O)C(F)(F)F)c4ccccc4C(=O)N3C3CCNCC3)cc2N1. The molecule has 3 heterocycles. The molecule has 3 aliphatic heterocycles. The van der Waals surface area contributed by atoms with Gasteiger partial charge in [0.1, 0.15) is 5.75 Å². The number of carbonyl (C=O) groups is 3. The number of hydrogen-bond donors (Lipinski definition) is 2. The number of fused-ring (bicyclic) bond motifs is 2. The third-order valence-corrected chi connectivity index (χ3v) is 6.23. The summed E-state index contributed by atoms with van der Waals surface area (Å²) in [6.07, 6.45) is -4.38. The average molecular weight is 475 g/mol. The molecule has 34 heavy (non-hydrogen) atoms. The van der Waals surface area contributed by atoms with Gasteiger partial charge in [-0.3, -0.25) is 14.5 Å². The summed E-state index contributed by atoms with van der Waals surface area (Å²) in [5.74, 6) is -3.08. The Bertz CT molecular complexity index is 1180. The fraction of sp³-hybridized carbons (Fsp3) is 0.348. The summed E-state index contributed by atoms with van der Waals surface area (Å²) in [5, 5.41) is 5.78. The quantitative estimate of drug-likeness (QED) is 0.663. The minimum Gasteiger partial charge on any atom is -0.482 e. The van der Waals surface area contributed by atoms with Crippen molar-refractivity contribution in [3.05, 3.63) is 59.2 Å². The largest absolute Gasteiger partial charge is 0.491 e. The van der Waals surface area contributed by atoms with E-state index in [1.165, 1.54) is 35.2 Å². The first-order valence-corrected chi connectivity index (χ1v) is 10.7. The van der Waals surface area contributed by atoms with Gasteiger partial charge in [-0.2, -0.15) is 13.2 Å². The first kappa shape index (κ1) is 22.2. The second-order valence-electron chi connectivity index (χ2n) is 8.28. The number of carbonyl (C=O) groups excluding carboxylic acids is 3. The summed E-state index contributed by atoms with van der Waals surface area (Å²) in [4.78, 5) is 39.0. The molecule has 1 unspecified atom stereocenters. The number of rotatable bonds is 3. The molecule has 2 amide bonds. The predicted molar refractivity (Wildman–Crippen MR) is 112 cm³/mol. The molecule has 0 saturated carbocycles. The maximum atomic E-state index is 13.6. The molecule has 2 N–H and O–H groups in total. The Labute approximate surface area is 192 Å². The molecule has 0 aliphatic carbocycles. The second-order valence-corrected chi connectivity index (χ2v) is 8.28. The lowest BCUT2D eigenvalue weighted by Gasteiger charge is -2.44. The number of ether oxygens (including phenoxy) is 2. The van der Waals surface area contributed by atoms with Crippen LogP contribution >= 0.6 is 0 Å². The summed E-state index contributed by atoms with van der Waals surface area (Å²) in [6, 6.07) is 9.95. The topological polar surface area (TPSA) is 97.0 Å². The van der Waals surface area contributed by atoms with Crippen LogP contribution in [0.5, 0.6) is 5.75 Å². The number of hydrogen-bond acceptors (Lipinski definition) is 6. The molecular formula is C23H20F3N3O5. The van der Waals surface area contributed by atoms with Crippen LogP contribution in [0, 0.1) is 0 Å². The van der Waals surface area contributed by atoms with Crippen molar-refractivity contribution < 1.29 is 37.0 Å². The van der Waals surface area contributed by atoms with Crippen LogP contribution in [0.4, 0.5) is 18.9 Å². The zero-order valence-corrected chi connectivity index (χ0v) is 17.8. The molecule has 1 saturated heterocycles. The highest BCUT2D eigenvalue weighted by Gasteiger charge is 2.59.